The third-order valence-electron chi connectivity index (χ3n) is 5.14. The Labute approximate surface area is 132 Å². The normalized spacial score (nSPS) is 32.9. The molecule has 0 unspecified atom stereocenters. The molecule has 0 spiro atoms. The third kappa shape index (κ3) is 7.09. The molecule has 3 aliphatic heterocycles. The van der Waals surface area contributed by atoms with E-state index in [-0.39, 0.29) is 0 Å². The van der Waals surface area contributed by atoms with Crippen molar-refractivity contribution in [2.75, 3.05) is 79.5 Å². The molecule has 3 fully saturated rings. The van der Waals surface area contributed by atoms with Gasteiger partial charge in [-0.1, -0.05) is 19.3 Å². The van der Waals surface area contributed by atoms with Gasteiger partial charge in [0.15, 0.2) is 0 Å². The van der Waals surface area contributed by atoms with E-state index in [2.05, 4.69) is 33.7 Å². The molecule has 0 amide bonds. The topological polar surface area (TPSA) is 13.0 Å². The largest absolute Gasteiger partial charge is 0.304 e. The fourth-order valence-electron chi connectivity index (χ4n) is 3.34. The van der Waals surface area contributed by atoms with Gasteiger partial charge < -0.3 is 19.6 Å². The van der Waals surface area contributed by atoms with Crippen LogP contribution in [0.15, 0.2) is 0 Å². The second-order valence-corrected chi connectivity index (χ2v) is 7.06. The zero-order valence-corrected chi connectivity index (χ0v) is 14.4. The Kier molecular flexibility index (Phi) is 8.01. The van der Waals surface area contributed by atoms with Gasteiger partial charge >= 0.3 is 0 Å². The van der Waals surface area contributed by atoms with Crippen LogP contribution in [0.4, 0.5) is 0 Å². The van der Waals surface area contributed by atoms with Gasteiger partial charge in [0.05, 0.1) is 0 Å². The van der Waals surface area contributed by atoms with Gasteiger partial charge in [0.1, 0.15) is 0 Å². The molecule has 4 nitrogen and oxygen atoms in total. The smallest absolute Gasteiger partial charge is 0.0110 e. The van der Waals surface area contributed by atoms with Gasteiger partial charge in [0, 0.05) is 52.4 Å². The van der Waals surface area contributed by atoms with E-state index in [9.17, 15) is 0 Å². The van der Waals surface area contributed by atoms with Crippen molar-refractivity contribution in [3.63, 3.8) is 0 Å². The van der Waals surface area contributed by atoms with Gasteiger partial charge in [0.2, 0.25) is 0 Å². The molecule has 0 radical (unpaired) electrons. The van der Waals surface area contributed by atoms with Crippen molar-refractivity contribution >= 4 is 0 Å². The van der Waals surface area contributed by atoms with Crippen LogP contribution >= 0.6 is 0 Å². The maximum Gasteiger partial charge on any atom is 0.0110 e. The lowest BCUT2D eigenvalue weighted by molar-refractivity contribution is 0.149. The molecule has 0 aromatic rings. The van der Waals surface area contributed by atoms with Crippen molar-refractivity contribution in [3.8, 4) is 0 Å². The maximum atomic E-state index is 2.69. The predicted octanol–water partition coefficient (Wildman–Crippen LogP) is 1.43. The van der Waals surface area contributed by atoms with E-state index >= 15 is 0 Å². The number of fused-ring (bicyclic) bond motifs is 14. The van der Waals surface area contributed by atoms with E-state index in [1.807, 2.05) is 0 Å². The molecule has 0 atom stereocenters. The predicted molar refractivity (Wildman–Crippen MR) is 91.0 cm³/mol. The summed E-state index contributed by atoms with van der Waals surface area (Å²) in [4.78, 5) is 10.4. The number of rotatable bonds is 0. The van der Waals surface area contributed by atoms with Crippen LogP contribution in [-0.2, 0) is 0 Å². The lowest BCUT2D eigenvalue weighted by Gasteiger charge is -2.32. The van der Waals surface area contributed by atoms with Crippen LogP contribution in [0.1, 0.15) is 32.1 Å². The van der Waals surface area contributed by atoms with Crippen molar-refractivity contribution in [3.05, 3.63) is 0 Å². The molecule has 2 bridgehead atoms. The Morgan fingerprint density at radius 2 is 0.714 bits per heavy atom. The summed E-state index contributed by atoms with van der Waals surface area (Å²) >= 11 is 0. The van der Waals surface area contributed by atoms with E-state index < -0.39 is 0 Å². The van der Waals surface area contributed by atoms with Crippen LogP contribution in [0.25, 0.3) is 0 Å². The highest BCUT2D eigenvalue weighted by molar-refractivity contribution is 4.70. The summed E-state index contributed by atoms with van der Waals surface area (Å²) in [6, 6.07) is 0. The highest BCUT2D eigenvalue weighted by Gasteiger charge is 2.13. The number of hydrogen-bond donors (Lipinski definition) is 0. The summed E-state index contributed by atoms with van der Waals surface area (Å²) in [5.41, 5.74) is 0. The molecule has 3 rings (SSSR count). The highest BCUT2D eigenvalue weighted by atomic mass is 15.2. The minimum atomic E-state index is 1.22. The molecule has 3 aliphatic rings. The summed E-state index contributed by atoms with van der Waals surface area (Å²) in [6.07, 6.45) is 7.04. The molecular weight excluding hydrogens is 260 g/mol. The van der Waals surface area contributed by atoms with Gasteiger partial charge in [0.25, 0.3) is 0 Å². The van der Waals surface area contributed by atoms with Gasteiger partial charge in [-0.15, -0.1) is 0 Å². The number of likely N-dealkylation sites (N-methyl/N-ethyl adjacent to an activating group) is 2. The van der Waals surface area contributed by atoms with Crippen molar-refractivity contribution in [1.29, 1.82) is 0 Å². The lowest BCUT2D eigenvalue weighted by atomic mass is 10.1. The Morgan fingerprint density at radius 3 is 1.10 bits per heavy atom. The van der Waals surface area contributed by atoms with Gasteiger partial charge in [-0.05, 0) is 40.0 Å². The number of nitrogens with zero attached hydrogens (tertiary/aromatic N) is 4. The molecule has 0 aliphatic carbocycles. The average molecular weight is 297 g/mol. The van der Waals surface area contributed by atoms with Crippen LogP contribution in [0.5, 0.6) is 0 Å². The average Bonchev–Trinajstić information content (AvgIpc) is 2.48. The van der Waals surface area contributed by atoms with E-state index in [0.29, 0.717) is 0 Å². The quantitative estimate of drug-likeness (QED) is 0.670. The van der Waals surface area contributed by atoms with Crippen molar-refractivity contribution in [2.45, 2.75) is 32.1 Å². The first kappa shape index (κ1) is 17.2. The Balaban J connectivity index is 1.99. The van der Waals surface area contributed by atoms with Gasteiger partial charge in [-0.2, -0.15) is 0 Å². The van der Waals surface area contributed by atoms with E-state index in [1.165, 1.54) is 97.6 Å². The summed E-state index contributed by atoms with van der Waals surface area (Å²) in [5.74, 6) is 0. The monoisotopic (exact) mass is 296 g/mol. The fraction of sp³-hybridized carbons (Fsp3) is 1.00. The van der Waals surface area contributed by atoms with E-state index in [0.717, 1.165) is 0 Å². The third-order valence-corrected chi connectivity index (χ3v) is 5.14. The Bertz CT molecular complexity index is 230. The molecular formula is C17H36N4. The summed E-state index contributed by atoms with van der Waals surface area (Å²) in [5, 5.41) is 0. The van der Waals surface area contributed by atoms with E-state index in [4.69, 9.17) is 0 Å². The molecule has 4 heteroatoms. The van der Waals surface area contributed by atoms with Crippen LogP contribution in [0.3, 0.4) is 0 Å². The summed E-state index contributed by atoms with van der Waals surface area (Å²) in [6.45, 7) is 12.4. The fourth-order valence-corrected chi connectivity index (χ4v) is 3.34. The zero-order chi connectivity index (χ0) is 14.9. The molecule has 3 saturated heterocycles. The zero-order valence-electron chi connectivity index (χ0n) is 14.4. The second-order valence-electron chi connectivity index (χ2n) is 7.06. The minimum Gasteiger partial charge on any atom is -0.304 e. The van der Waals surface area contributed by atoms with E-state index in [1.54, 1.807) is 0 Å². The van der Waals surface area contributed by atoms with Crippen LogP contribution in [-0.4, -0.2) is 99.1 Å². The maximum absolute atomic E-state index is 2.69. The molecule has 3 heterocycles. The first-order valence-electron chi connectivity index (χ1n) is 9.06. The minimum absolute atomic E-state index is 1.22. The molecule has 0 aromatic heterocycles. The van der Waals surface area contributed by atoms with Crippen LogP contribution in [0, 0.1) is 0 Å². The second kappa shape index (κ2) is 9.78. The highest BCUT2D eigenvalue weighted by Crippen LogP contribution is 2.08. The standard InChI is InChI=1S/C17H36N4/c1-18-10-14-20-8-6-4-3-5-7-9-21(15-11-18)17-13-19(2)12-16-20/h3-17H2,1-2H3. The molecule has 0 saturated carbocycles. The van der Waals surface area contributed by atoms with Crippen LogP contribution < -0.4 is 0 Å². The summed E-state index contributed by atoms with van der Waals surface area (Å²) in [7, 11) is 4.58. The first-order valence-corrected chi connectivity index (χ1v) is 9.06. The van der Waals surface area contributed by atoms with Crippen LogP contribution in [0.2, 0.25) is 0 Å². The van der Waals surface area contributed by atoms with Crippen molar-refractivity contribution < 1.29 is 0 Å². The van der Waals surface area contributed by atoms with Gasteiger partial charge in [-0.3, -0.25) is 0 Å². The molecule has 21 heavy (non-hydrogen) atoms. The Hall–Kier alpha value is -0.160. The lowest BCUT2D eigenvalue weighted by Crippen LogP contribution is -2.44. The summed E-state index contributed by atoms with van der Waals surface area (Å²) < 4.78 is 0. The Morgan fingerprint density at radius 1 is 0.381 bits per heavy atom. The molecule has 0 N–H and O–H groups in total. The molecule has 0 aromatic carbocycles. The van der Waals surface area contributed by atoms with Crippen molar-refractivity contribution in [2.24, 2.45) is 0 Å². The molecule has 124 valence electrons. The first-order chi connectivity index (χ1) is 10.2. The SMILES string of the molecule is CN1CCN2CCCCCCCN(CC1)CCN(C)CC2. The number of hydrogen-bond acceptors (Lipinski definition) is 4. The van der Waals surface area contributed by atoms with Crippen molar-refractivity contribution in [1.82, 2.24) is 19.6 Å². The van der Waals surface area contributed by atoms with Gasteiger partial charge in [-0.25, -0.2) is 0 Å².